The summed E-state index contributed by atoms with van der Waals surface area (Å²) in [6.45, 7) is 3.17. The van der Waals surface area contributed by atoms with Crippen molar-refractivity contribution in [3.63, 3.8) is 0 Å². The summed E-state index contributed by atoms with van der Waals surface area (Å²) in [6, 6.07) is 9.87. The van der Waals surface area contributed by atoms with Crippen molar-refractivity contribution in [3.05, 3.63) is 59.5 Å². The summed E-state index contributed by atoms with van der Waals surface area (Å²) in [5, 5.41) is 11.6. The van der Waals surface area contributed by atoms with Crippen LogP contribution in [-0.2, 0) is 16.8 Å². The lowest BCUT2D eigenvalue weighted by Crippen LogP contribution is -2.66. The zero-order valence-electron chi connectivity index (χ0n) is 19.0. The minimum absolute atomic E-state index is 0.0805. The van der Waals surface area contributed by atoms with E-state index in [-0.39, 0.29) is 24.0 Å². The molecule has 1 aromatic carbocycles. The number of likely N-dealkylation sites (tertiary alicyclic amines) is 1. The third-order valence-corrected chi connectivity index (χ3v) is 7.58. The fraction of sp³-hybridized carbons (Fsp3) is 0.462. The summed E-state index contributed by atoms with van der Waals surface area (Å²) in [4.78, 5) is 25.5. The van der Waals surface area contributed by atoms with E-state index < -0.39 is 0 Å². The molecular weight excluding hydrogens is 416 g/mol. The van der Waals surface area contributed by atoms with E-state index in [0.717, 1.165) is 49.4 Å². The van der Waals surface area contributed by atoms with Gasteiger partial charge in [0.1, 0.15) is 5.75 Å². The third-order valence-electron chi connectivity index (χ3n) is 7.58. The summed E-state index contributed by atoms with van der Waals surface area (Å²) in [5.41, 5.74) is 4.30. The minimum atomic E-state index is -0.331. The number of pyridine rings is 1. The van der Waals surface area contributed by atoms with Gasteiger partial charge in [-0.25, -0.2) is 0 Å². The van der Waals surface area contributed by atoms with Gasteiger partial charge in [0.15, 0.2) is 0 Å². The smallest absolute Gasteiger partial charge is 0.223 e. The maximum absolute atomic E-state index is 13.3. The number of nitrogens with zero attached hydrogens (tertiary/aromatic N) is 3. The normalized spacial score (nSPS) is 21.8. The topological polar surface area (TPSA) is 81.7 Å². The Balaban J connectivity index is 1.38. The van der Waals surface area contributed by atoms with Gasteiger partial charge in [-0.2, -0.15) is 0 Å². The van der Waals surface area contributed by atoms with E-state index in [4.69, 9.17) is 4.74 Å². The van der Waals surface area contributed by atoms with Gasteiger partial charge in [0.05, 0.1) is 19.8 Å². The number of amides is 1. The quantitative estimate of drug-likeness (QED) is 0.608. The molecule has 2 fully saturated rings. The third kappa shape index (κ3) is 3.50. The van der Waals surface area contributed by atoms with Crippen LogP contribution in [0.1, 0.15) is 42.1 Å². The van der Waals surface area contributed by atoms with E-state index >= 15 is 0 Å². The second-order valence-corrected chi connectivity index (χ2v) is 9.98. The molecule has 1 amide bonds. The Morgan fingerprint density at radius 1 is 1.27 bits per heavy atom. The first-order chi connectivity index (χ1) is 16.1. The predicted molar refractivity (Wildman–Crippen MR) is 125 cm³/mol. The van der Waals surface area contributed by atoms with Crippen molar-refractivity contribution in [2.24, 2.45) is 5.92 Å². The summed E-state index contributed by atoms with van der Waals surface area (Å²) < 4.78 is 5.45. The highest BCUT2D eigenvalue weighted by atomic mass is 16.5. The van der Waals surface area contributed by atoms with Crippen LogP contribution >= 0.6 is 0 Å². The molecule has 2 N–H and O–H groups in total. The van der Waals surface area contributed by atoms with Gasteiger partial charge in [-0.3, -0.25) is 14.7 Å². The number of aromatic amines is 1. The summed E-state index contributed by atoms with van der Waals surface area (Å²) in [5.74, 6) is 1.48. The first-order valence-electron chi connectivity index (χ1n) is 11.8. The molecule has 33 heavy (non-hydrogen) atoms. The first-order valence-corrected chi connectivity index (χ1v) is 11.8. The van der Waals surface area contributed by atoms with E-state index in [1.54, 1.807) is 13.3 Å². The van der Waals surface area contributed by atoms with Crippen LogP contribution in [0, 0.1) is 5.92 Å². The van der Waals surface area contributed by atoms with Crippen molar-refractivity contribution in [3.8, 4) is 5.75 Å². The standard InChI is InChI=1S/C26H30N4O3/c1-33-19-6-7-20-21(10-19)28-25-22(13-31)30(23(32)9-17-4-5-17)16-26(24(20)25)14-29(15-26)12-18-3-2-8-27-11-18/h2-3,6-8,10-11,17,22,28,31H,4-5,9,12-16H2,1H3/t22-/m0/s1. The number of aliphatic hydroxyl groups is 1. The first kappa shape index (κ1) is 20.7. The number of rotatable bonds is 6. The molecule has 172 valence electrons. The van der Waals surface area contributed by atoms with E-state index in [9.17, 15) is 9.90 Å². The van der Waals surface area contributed by atoms with E-state index in [1.165, 1.54) is 16.5 Å². The Bertz CT molecular complexity index is 1180. The van der Waals surface area contributed by atoms with E-state index in [0.29, 0.717) is 18.9 Å². The molecule has 1 saturated carbocycles. The van der Waals surface area contributed by atoms with Gasteiger partial charge in [0.2, 0.25) is 5.91 Å². The maximum atomic E-state index is 13.3. The molecular formula is C26H30N4O3. The molecule has 3 aliphatic rings. The maximum Gasteiger partial charge on any atom is 0.223 e. The average Bonchev–Trinajstić information content (AvgIpc) is 3.54. The number of aromatic nitrogens is 2. The van der Waals surface area contributed by atoms with Crippen molar-refractivity contribution in [2.45, 2.75) is 37.3 Å². The van der Waals surface area contributed by atoms with Crippen molar-refractivity contribution < 1.29 is 14.6 Å². The number of carbonyl (C=O) groups is 1. The molecule has 3 aromatic rings. The highest BCUT2D eigenvalue weighted by Crippen LogP contribution is 2.49. The number of nitrogens with one attached hydrogen (secondary N) is 1. The molecule has 0 radical (unpaired) electrons. The second kappa shape index (κ2) is 7.85. The number of fused-ring (bicyclic) bond motifs is 4. The molecule has 0 bridgehead atoms. The number of aliphatic hydroxyl groups excluding tert-OH is 1. The van der Waals surface area contributed by atoms with Crippen LogP contribution < -0.4 is 4.74 Å². The van der Waals surface area contributed by atoms with Gasteiger partial charge in [-0.15, -0.1) is 0 Å². The van der Waals surface area contributed by atoms with Gasteiger partial charge >= 0.3 is 0 Å². The number of ether oxygens (including phenoxy) is 1. The van der Waals surface area contributed by atoms with Crippen LogP contribution in [0.25, 0.3) is 10.9 Å². The van der Waals surface area contributed by atoms with Crippen molar-refractivity contribution >= 4 is 16.8 Å². The van der Waals surface area contributed by atoms with E-state index in [1.807, 2.05) is 29.3 Å². The summed E-state index contributed by atoms with van der Waals surface area (Å²) in [7, 11) is 1.67. The summed E-state index contributed by atoms with van der Waals surface area (Å²) in [6.07, 6.45) is 6.60. The number of hydrogen-bond acceptors (Lipinski definition) is 5. The Kier molecular flexibility index (Phi) is 4.92. The molecule has 1 atom stereocenters. The molecule has 1 aliphatic carbocycles. The fourth-order valence-electron chi connectivity index (χ4n) is 5.88. The lowest BCUT2D eigenvalue weighted by molar-refractivity contribution is -0.139. The molecule has 2 aliphatic heterocycles. The number of benzene rings is 1. The minimum Gasteiger partial charge on any atom is -0.497 e. The lowest BCUT2D eigenvalue weighted by Gasteiger charge is -2.56. The largest absolute Gasteiger partial charge is 0.497 e. The molecule has 0 unspecified atom stereocenters. The number of carbonyl (C=O) groups excluding carboxylic acids is 1. The number of H-pyrrole nitrogens is 1. The van der Waals surface area contributed by atoms with Gasteiger partial charge < -0.3 is 19.7 Å². The molecule has 1 spiro atoms. The predicted octanol–water partition coefficient (Wildman–Crippen LogP) is 3.00. The van der Waals surface area contributed by atoms with Crippen LogP contribution in [0.4, 0.5) is 0 Å². The Hall–Kier alpha value is -2.90. The summed E-state index contributed by atoms with van der Waals surface area (Å²) >= 11 is 0. The van der Waals surface area contributed by atoms with Crippen molar-refractivity contribution in [1.29, 1.82) is 0 Å². The van der Waals surface area contributed by atoms with Crippen molar-refractivity contribution in [2.75, 3.05) is 33.4 Å². The zero-order valence-corrected chi connectivity index (χ0v) is 19.0. The van der Waals surface area contributed by atoms with Gasteiger partial charge in [-0.1, -0.05) is 6.07 Å². The molecule has 2 aromatic heterocycles. The fourth-order valence-corrected chi connectivity index (χ4v) is 5.88. The Morgan fingerprint density at radius 3 is 2.82 bits per heavy atom. The number of hydrogen-bond donors (Lipinski definition) is 2. The highest BCUT2D eigenvalue weighted by Gasteiger charge is 2.53. The number of methoxy groups -OCH3 is 1. The van der Waals surface area contributed by atoms with Crippen molar-refractivity contribution in [1.82, 2.24) is 19.8 Å². The van der Waals surface area contributed by atoms with Crippen LogP contribution in [0.5, 0.6) is 5.75 Å². The SMILES string of the molecule is COc1ccc2c3c([nH]c2c1)[C@H](CO)N(C(=O)CC1CC1)CC31CN(Cc2cccnc2)C1. The van der Waals surface area contributed by atoms with Gasteiger partial charge in [0.25, 0.3) is 0 Å². The van der Waals surface area contributed by atoms with Crippen LogP contribution in [0.2, 0.25) is 0 Å². The van der Waals surface area contributed by atoms with Gasteiger partial charge in [-0.05, 0) is 48.1 Å². The monoisotopic (exact) mass is 446 g/mol. The molecule has 6 rings (SSSR count). The molecule has 7 nitrogen and oxygen atoms in total. The molecule has 4 heterocycles. The molecule has 1 saturated heterocycles. The van der Waals surface area contributed by atoms with Gasteiger partial charge in [0, 0.05) is 73.1 Å². The Labute approximate surface area is 193 Å². The van der Waals surface area contributed by atoms with E-state index in [2.05, 4.69) is 27.0 Å². The van der Waals surface area contributed by atoms with Crippen LogP contribution in [-0.4, -0.2) is 64.1 Å². The zero-order chi connectivity index (χ0) is 22.6. The highest BCUT2D eigenvalue weighted by molar-refractivity contribution is 5.89. The Morgan fingerprint density at radius 2 is 2.12 bits per heavy atom. The van der Waals surface area contributed by atoms with Crippen LogP contribution in [0.15, 0.2) is 42.7 Å². The lowest BCUT2D eigenvalue weighted by atomic mass is 9.68. The second-order valence-electron chi connectivity index (χ2n) is 9.98. The van der Waals surface area contributed by atoms with Crippen LogP contribution in [0.3, 0.4) is 0 Å². The molecule has 7 heteroatoms. The average molecular weight is 447 g/mol.